The lowest BCUT2D eigenvalue weighted by atomic mass is 9.98. The van der Waals surface area contributed by atoms with Crippen molar-refractivity contribution < 1.29 is 9.59 Å². The largest absolute Gasteiger partial charge is 0.354 e. The van der Waals surface area contributed by atoms with Crippen molar-refractivity contribution in [3.63, 3.8) is 0 Å². The Labute approximate surface area is 151 Å². The smallest absolute Gasteiger partial charge is 0.322 e. The maximum Gasteiger partial charge on any atom is 0.322 e. The Morgan fingerprint density at radius 3 is 2.81 bits per heavy atom. The molecule has 138 valence electrons. The number of nitrogens with zero attached hydrogens (tertiary/aromatic N) is 5. The number of rotatable bonds is 3. The summed E-state index contributed by atoms with van der Waals surface area (Å²) in [4.78, 5) is 26.5. The van der Waals surface area contributed by atoms with Crippen molar-refractivity contribution in [3.05, 3.63) is 30.4 Å². The number of aryl methyl sites for hydroxylation is 1. The van der Waals surface area contributed by atoms with Gasteiger partial charge in [-0.15, -0.1) is 0 Å². The average Bonchev–Trinajstić information content (AvgIpc) is 3.36. The van der Waals surface area contributed by atoms with Gasteiger partial charge in [-0.3, -0.25) is 14.2 Å². The Hall–Kier alpha value is -2.84. The number of amides is 3. The average molecular weight is 357 g/mol. The van der Waals surface area contributed by atoms with Crippen molar-refractivity contribution in [2.45, 2.75) is 37.8 Å². The summed E-state index contributed by atoms with van der Waals surface area (Å²) in [5, 5.41) is 14.2. The molecule has 0 saturated carbocycles. The van der Waals surface area contributed by atoms with Crippen LogP contribution in [0.5, 0.6) is 0 Å². The number of carbonyl (C=O) groups is 2. The summed E-state index contributed by atoms with van der Waals surface area (Å²) < 4.78 is 3.38. The predicted molar refractivity (Wildman–Crippen MR) is 94.4 cm³/mol. The molecule has 4 heterocycles. The van der Waals surface area contributed by atoms with Crippen LogP contribution < -0.4 is 10.6 Å². The van der Waals surface area contributed by atoms with Crippen LogP contribution in [0.4, 0.5) is 10.5 Å². The molecule has 0 bridgehead atoms. The predicted octanol–water partition coefficient (Wildman–Crippen LogP) is 1.44. The van der Waals surface area contributed by atoms with Crippen LogP contribution in [0.1, 0.15) is 43.3 Å². The third kappa shape index (κ3) is 3.16. The number of anilines is 1. The molecular formula is C17H23N7O2. The first kappa shape index (κ1) is 16.6. The lowest BCUT2D eigenvalue weighted by Crippen LogP contribution is -2.41. The number of aromatic nitrogens is 4. The van der Waals surface area contributed by atoms with Crippen LogP contribution in [0.3, 0.4) is 0 Å². The summed E-state index contributed by atoms with van der Waals surface area (Å²) in [6, 6.07) is -0.402. The minimum atomic E-state index is -0.293. The number of hydrogen-bond donors (Lipinski definition) is 2. The zero-order valence-electron chi connectivity index (χ0n) is 14.8. The molecule has 3 amide bonds. The zero-order chi connectivity index (χ0) is 18.1. The first-order valence-corrected chi connectivity index (χ1v) is 9.00. The van der Waals surface area contributed by atoms with E-state index < -0.39 is 0 Å². The normalized spacial score (nSPS) is 23.1. The lowest BCUT2D eigenvalue weighted by Gasteiger charge is -2.35. The number of nitrogens with one attached hydrogen (secondary N) is 2. The second-order valence-electron chi connectivity index (χ2n) is 6.89. The second kappa shape index (κ2) is 6.81. The Morgan fingerprint density at radius 2 is 2.08 bits per heavy atom. The van der Waals surface area contributed by atoms with Crippen LogP contribution in [0.15, 0.2) is 24.8 Å². The van der Waals surface area contributed by atoms with E-state index >= 15 is 0 Å². The molecule has 2 aliphatic heterocycles. The van der Waals surface area contributed by atoms with Crippen LogP contribution in [0.2, 0.25) is 0 Å². The van der Waals surface area contributed by atoms with Gasteiger partial charge in [0.05, 0.1) is 24.1 Å². The molecule has 2 fully saturated rings. The van der Waals surface area contributed by atoms with Crippen LogP contribution in [0, 0.1) is 0 Å². The van der Waals surface area contributed by atoms with Crippen molar-refractivity contribution in [3.8, 4) is 0 Å². The molecule has 9 nitrogen and oxygen atoms in total. The zero-order valence-corrected chi connectivity index (χ0v) is 14.8. The van der Waals surface area contributed by atoms with Crippen molar-refractivity contribution in [1.82, 2.24) is 29.8 Å². The van der Waals surface area contributed by atoms with E-state index in [9.17, 15) is 9.59 Å². The van der Waals surface area contributed by atoms with E-state index in [-0.39, 0.29) is 24.0 Å². The van der Waals surface area contributed by atoms with Crippen LogP contribution in [-0.4, -0.2) is 49.5 Å². The van der Waals surface area contributed by atoms with Gasteiger partial charge < -0.3 is 15.5 Å². The molecule has 2 aliphatic rings. The summed E-state index contributed by atoms with van der Waals surface area (Å²) >= 11 is 0. The van der Waals surface area contributed by atoms with E-state index in [0.717, 1.165) is 24.8 Å². The van der Waals surface area contributed by atoms with Crippen molar-refractivity contribution in [2.24, 2.45) is 7.05 Å². The highest BCUT2D eigenvalue weighted by atomic mass is 16.2. The van der Waals surface area contributed by atoms with E-state index in [0.29, 0.717) is 25.2 Å². The molecule has 0 aromatic carbocycles. The monoisotopic (exact) mass is 357 g/mol. The fourth-order valence-electron chi connectivity index (χ4n) is 3.74. The van der Waals surface area contributed by atoms with Crippen LogP contribution in [0.25, 0.3) is 0 Å². The Balaban J connectivity index is 1.46. The highest BCUT2D eigenvalue weighted by molar-refractivity contribution is 5.89. The van der Waals surface area contributed by atoms with E-state index in [1.54, 1.807) is 21.8 Å². The number of likely N-dealkylation sites (tertiary alicyclic amines) is 1. The van der Waals surface area contributed by atoms with Gasteiger partial charge in [0, 0.05) is 38.1 Å². The fraction of sp³-hybridized carbons (Fsp3) is 0.529. The van der Waals surface area contributed by atoms with Crippen LogP contribution >= 0.6 is 0 Å². The van der Waals surface area contributed by atoms with Gasteiger partial charge in [0.2, 0.25) is 5.91 Å². The molecule has 26 heavy (non-hydrogen) atoms. The van der Waals surface area contributed by atoms with Crippen LogP contribution in [-0.2, 0) is 11.8 Å². The Bertz CT molecular complexity index is 812. The molecular weight excluding hydrogens is 334 g/mol. The Kier molecular flexibility index (Phi) is 4.36. The number of hydrogen-bond acceptors (Lipinski definition) is 4. The molecule has 0 radical (unpaired) electrons. The summed E-state index contributed by atoms with van der Waals surface area (Å²) in [6.07, 6.45) is 10.8. The number of urea groups is 1. The molecule has 2 atom stereocenters. The van der Waals surface area contributed by atoms with Crippen molar-refractivity contribution in [1.29, 1.82) is 0 Å². The Morgan fingerprint density at radius 1 is 1.19 bits per heavy atom. The highest BCUT2D eigenvalue weighted by Crippen LogP contribution is 2.31. The molecule has 2 unspecified atom stereocenters. The van der Waals surface area contributed by atoms with E-state index in [2.05, 4.69) is 20.8 Å². The highest BCUT2D eigenvalue weighted by Gasteiger charge is 2.30. The molecule has 2 aromatic rings. The quantitative estimate of drug-likeness (QED) is 0.868. The fourth-order valence-corrected chi connectivity index (χ4v) is 3.74. The van der Waals surface area contributed by atoms with Gasteiger partial charge in [0.1, 0.15) is 6.04 Å². The van der Waals surface area contributed by atoms with Gasteiger partial charge in [-0.2, -0.15) is 10.2 Å². The first-order valence-electron chi connectivity index (χ1n) is 9.00. The molecule has 2 saturated heterocycles. The second-order valence-corrected chi connectivity index (χ2v) is 6.89. The summed E-state index contributed by atoms with van der Waals surface area (Å²) in [6.45, 7) is 1.37. The lowest BCUT2D eigenvalue weighted by molar-refractivity contribution is -0.122. The molecule has 4 rings (SSSR count). The molecule has 0 spiro atoms. The van der Waals surface area contributed by atoms with E-state index in [1.807, 2.05) is 24.3 Å². The first-order chi connectivity index (χ1) is 12.6. The summed E-state index contributed by atoms with van der Waals surface area (Å²) in [5.74, 6) is -0.0290. The van der Waals surface area contributed by atoms with Gasteiger partial charge in [0.15, 0.2) is 0 Å². The molecule has 0 aliphatic carbocycles. The minimum Gasteiger partial charge on any atom is -0.354 e. The summed E-state index contributed by atoms with van der Waals surface area (Å²) in [7, 11) is 1.88. The standard InChI is InChI=1S/C17H23N7O2/c1-22-10-12(8-19-22)14-4-2-3-7-23(14)17(26)21-13-9-20-24(11-13)15-5-6-18-16(15)25/h8-11,14-15H,2-7H2,1H3,(H,18,25)(H,21,26). The molecule has 2 N–H and O–H groups in total. The maximum absolute atomic E-state index is 12.8. The third-order valence-corrected chi connectivity index (χ3v) is 5.07. The van der Waals surface area contributed by atoms with Gasteiger partial charge in [0.25, 0.3) is 0 Å². The van der Waals surface area contributed by atoms with Crippen molar-refractivity contribution in [2.75, 3.05) is 18.4 Å². The van der Waals surface area contributed by atoms with Crippen molar-refractivity contribution >= 4 is 17.6 Å². The maximum atomic E-state index is 12.8. The van der Waals surface area contributed by atoms with E-state index in [4.69, 9.17) is 0 Å². The third-order valence-electron chi connectivity index (χ3n) is 5.07. The van der Waals surface area contributed by atoms with E-state index in [1.165, 1.54) is 0 Å². The van der Waals surface area contributed by atoms with Gasteiger partial charge in [-0.05, 0) is 25.7 Å². The molecule has 9 heteroatoms. The number of carbonyl (C=O) groups excluding carboxylic acids is 2. The topological polar surface area (TPSA) is 97.1 Å². The van der Waals surface area contributed by atoms with Gasteiger partial charge in [-0.1, -0.05) is 0 Å². The molecule has 2 aromatic heterocycles. The van der Waals surface area contributed by atoms with Gasteiger partial charge in [-0.25, -0.2) is 4.79 Å². The van der Waals surface area contributed by atoms with Gasteiger partial charge >= 0.3 is 6.03 Å². The minimum absolute atomic E-state index is 0.0290. The number of piperidine rings is 1. The summed E-state index contributed by atoms with van der Waals surface area (Å²) in [5.41, 5.74) is 1.66. The SMILES string of the molecule is Cn1cc(C2CCCCN2C(=O)Nc2cnn(C3CCNC3=O)c2)cn1.